The molecule has 0 saturated carbocycles. The van der Waals surface area contributed by atoms with Crippen LogP contribution in [0.1, 0.15) is 49.9 Å². The zero-order valence-electron chi connectivity index (χ0n) is 26.6. The van der Waals surface area contributed by atoms with Gasteiger partial charge < -0.3 is 23.9 Å². The lowest BCUT2D eigenvalue weighted by molar-refractivity contribution is 0.00555. The Morgan fingerprint density at radius 3 is 1.80 bits per heavy atom. The van der Waals surface area contributed by atoms with Crippen molar-refractivity contribution in [3.05, 3.63) is 119 Å². The number of H-pyrrole nitrogens is 1. The molecule has 0 unspecified atom stereocenters. The van der Waals surface area contributed by atoms with Crippen molar-refractivity contribution in [2.75, 3.05) is 0 Å². The molecule has 234 valence electrons. The van der Waals surface area contributed by atoms with Crippen molar-refractivity contribution in [2.45, 2.75) is 52.7 Å². The van der Waals surface area contributed by atoms with E-state index in [1.165, 1.54) is 11.3 Å². The molecule has 0 atom stereocenters. The van der Waals surface area contributed by atoms with Gasteiger partial charge in [-0.25, -0.2) is 9.59 Å². The first-order valence-electron chi connectivity index (χ1n) is 15.0. The molecule has 0 aliphatic heterocycles. The van der Waals surface area contributed by atoms with Crippen molar-refractivity contribution >= 4 is 44.6 Å². The molecule has 0 aliphatic rings. The van der Waals surface area contributed by atoms with E-state index in [2.05, 4.69) is 4.98 Å². The number of aromatic amines is 1. The maximum atomic E-state index is 13.3. The summed E-state index contributed by atoms with van der Waals surface area (Å²) in [4.78, 5) is 30.5. The summed E-state index contributed by atoms with van der Waals surface area (Å²) in [5, 5.41) is 1.49. The number of aryl methyl sites for hydroxylation is 2. The van der Waals surface area contributed by atoms with Gasteiger partial charge in [-0.15, -0.1) is 11.3 Å². The van der Waals surface area contributed by atoms with Gasteiger partial charge in [0.05, 0.1) is 10.6 Å². The molecule has 0 saturated heterocycles. The van der Waals surface area contributed by atoms with E-state index in [0.29, 0.717) is 27.5 Å². The van der Waals surface area contributed by atoms with Crippen molar-refractivity contribution < 1.29 is 28.5 Å². The highest BCUT2D eigenvalue weighted by atomic mass is 32.1. The maximum Gasteiger partial charge on any atom is 0.514 e. The Bertz CT molecular complexity index is 2060. The Morgan fingerprint density at radius 1 is 0.652 bits per heavy atom. The molecule has 0 bridgehead atoms. The van der Waals surface area contributed by atoms with E-state index >= 15 is 0 Å². The Morgan fingerprint density at radius 2 is 1.22 bits per heavy atom. The summed E-state index contributed by atoms with van der Waals surface area (Å²) in [6.45, 7) is 11.2. The molecule has 0 aliphatic carbocycles. The van der Waals surface area contributed by atoms with E-state index < -0.39 is 23.5 Å². The van der Waals surface area contributed by atoms with E-state index in [9.17, 15) is 9.59 Å². The fourth-order valence-corrected chi connectivity index (χ4v) is 6.52. The minimum absolute atomic E-state index is 0.386. The normalized spacial score (nSPS) is 11.9. The van der Waals surface area contributed by atoms with Gasteiger partial charge in [0, 0.05) is 21.0 Å². The summed E-state index contributed by atoms with van der Waals surface area (Å²) < 4.78 is 24.4. The topological polar surface area (TPSA) is 86.9 Å². The Labute approximate surface area is 271 Å². The van der Waals surface area contributed by atoms with Crippen molar-refractivity contribution in [3.63, 3.8) is 0 Å². The van der Waals surface area contributed by atoms with Crippen LogP contribution in [0.3, 0.4) is 0 Å². The van der Waals surface area contributed by atoms with Crippen LogP contribution in [0.25, 0.3) is 31.6 Å². The van der Waals surface area contributed by atoms with Crippen LogP contribution in [-0.4, -0.2) is 17.3 Å². The van der Waals surface area contributed by atoms with Gasteiger partial charge in [0.2, 0.25) is 0 Å². The number of carbonyl (C=O) groups excluding carboxylic acids is 2. The molecule has 1 N–H and O–H groups in total. The average Bonchev–Trinajstić information content (AvgIpc) is 3.60. The molecule has 4 aromatic carbocycles. The lowest BCUT2D eigenvalue weighted by Gasteiger charge is -2.25. The number of hydrogen-bond donors (Lipinski definition) is 1. The second kappa shape index (κ2) is 12.0. The summed E-state index contributed by atoms with van der Waals surface area (Å²) in [5.74, 6) is 0.782. The van der Waals surface area contributed by atoms with Crippen LogP contribution in [0, 0.1) is 13.8 Å². The third kappa shape index (κ3) is 6.21. The van der Waals surface area contributed by atoms with Crippen LogP contribution in [0.4, 0.5) is 9.59 Å². The molecule has 0 radical (unpaired) electrons. The Hall–Kier alpha value is -5.08. The standard InChI is InChI=1S/C38H35NO6S/c1-23-17-20-31-28(21-23)33(43-36(41)45-38(5,6)26-15-11-8-12-16-26)34(46-31)30-22-27-29(39-30)19-18-24(2)32(27)42-35(40)44-37(3,4)25-13-9-7-10-14-25/h7-22,39H,1-6H3. The van der Waals surface area contributed by atoms with Gasteiger partial charge in [-0.2, -0.15) is 0 Å². The molecule has 2 heterocycles. The van der Waals surface area contributed by atoms with Gasteiger partial charge >= 0.3 is 12.3 Å². The number of fused-ring (bicyclic) bond motifs is 2. The zero-order chi connectivity index (χ0) is 32.6. The second-order valence-electron chi connectivity index (χ2n) is 12.3. The molecule has 7 nitrogen and oxygen atoms in total. The lowest BCUT2D eigenvalue weighted by Crippen LogP contribution is -2.27. The fraction of sp³-hybridized carbons (Fsp3) is 0.211. The van der Waals surface area contributed by atoms with Gasteiger partial charge in [0.15, 0.2) is 5.75 Å². The molecular weight excluding hydrogens is 598 g/mol. The number of hydrogen-bond acceptors (Lipinski definition) is 7. The first kappa shape index (κ1) is 30.9. The molecule has 0 amide bonds. The molecule has 6 aromatic rings. The highest BCUT2D eigenvalue weighted by Crippen LogP contribution is 2.46. The molecule has 6 rings (SSSR count). The van der Waals surface area contributed by atoms with Crippen LogP contribution in [0.5, 0.6) is 11.5 Å². The van der Waals surface area contributed by atoms with E-state index in [-0.39, 0.29) is 0 Å². The number of benzene rings is 4. The number of rotatable bonds is 7. The number of aromatic nitrogens is 1. The van der Waals surface area contributed by atoms with Crippen LogP contribution < -0.4 is 9.47 Å². The predicted molar refractivity (Wildman–Crippen MR) is 182 cm³/mol. The minimum Gasteiger partial charge on any atom is -0.423 e. The summed E-state index contributed by atoms with van der Waals surface area (Å²) in [6, 6.07) is 30.8. The van der Waals surface area contributed by atoms with E-state index in [1.807, 2.05) is 139 Å². The smallest absolute Gasteiger partial charge is 0.423 e. The minimum atomic E-state index is -0.908. The number of carbonyl (C=O) groups is 2. The van der Waals surface area contributed by atoms with Crippen LogP contribution in [0.15, 0.2) is 97.1 Å². The maximum absolute atomic E-state index is 13.3. The highest BCUT2D eigenvalue weighted by molar-refractivity contribution is 7.22. The van der Waals surface area contributed by atoms with Crippen LogP contribution >= 0.6 is 11.3 Å². The molecule has 8 heteroatoms. The van der Waals surface area contributed by atoms with Crippen molar-refractivity contribution in [1.82, 2.24) is 4.98 Å². The molecule has 46 heavy (non-hydrogen) atoms. The van der Waals surface area contributed by atoms with E-state index in [1.54, 1.807) is 0 Å². The Kier molecular flexibility index (Phi) is 8.08. The molecule has 0 fully saturated rings. The van der Waals surface area contributed by atoms with E-state index in [4.69, 9.17) is 18.9 Å². The highest BCUT2D eigenvalue weighted by Gasteiger charge is 2.30. The summed E-state index contributed by atoms with van der Waals surface area (Å²) in [6.07, 6.45) is -1.62. The third-order valence-electron chi connectivity index (χ3n) is 7.98. The first-order chi connectivity index (χ1) is 21.9. The number of thiophene rings is 1. The van der Waals surface area contributed by atoms with Gasteiger partial charge in [-0.05, 0) is 82.5 Å². The average molecular weight is 634 g/mol. The summed E-state index contributed by atoms with van der Waals surface area (Å²) in [5.41, 5.74) is 3.14. The Balaban J connectivity index is 1.34. The molecular formula is C38H35NO6S. The van der Waals surface area contributed by atoms with Gasteiger partial charge in [-0.3, -0.25) is 0 Å². The summed E-state index contributed by atoms with van der Waals surface area (Å²) >= 11 is 1.49. The first-order valence-corrected chi connectivity index (χ1v) is 15.8. The van der Waals surface area contributed by atoms with Crippen molar-refractivity contribution in [3.8, 4) is 22.1 Å². The largest absolute Gasteiger partial charge is 0.514 e. The quantitative estimate of drug-likeness (QED) is 0.139. The lowest BCUT2D eigenvalue weighted by atomic mass is 9.98. The van der Waals surface area contributed by atoms with Gasteiger partial charge in [0.25, 0.3) is 0 Å². The molecule has 2 aromatic heterocycles. The second-order valence-corrected chi connectivity index (χ2v) is 13.3. The van der Waals surface area contributed by atoms with Crippen LogP contribution in [-0.2, 0) is 20.7 Å². The molecule has 0 spiro atoms. The predicted octanol–water partition coefficient (Wildman–Crippen LogP) is 10.6. The van der Waals surface area contributed by atoms with Crippen molar-refractivity contribution in [2.24, 2.45) is 0 Å². The zero-order valence-corrected chi connectivity index (χ0v) is 27.4. The summed E-state index contributed by atoms with van der Waals surface area (Å²) in [7, 11) is 0. The number of nitrogens with one attached hydrogen (secondary N) is 1. The van der Waals surface area contributed by atoms with Gasteiger partial charge in [-0.1, -0.05) is 78.4 Å². The van der Waals surface area contributed by atoms with Gasteiger partial charge in [0.1, 0.15) is 17.0 Å². The van der Waals surface area contributed by atoms with Crippen LogP contribution in [0.2, 0.25) is 0 Å². The van der Waals surface area contributed by atoms with Crippen molar-refractivity contribution in [1.29, 1.82) is 0 Å². The SMILES string of the molecule is Cc1ccc2sc(-c3cc4c(OC(=O)OC(C)(C)c5ccccc5)c(C)ccc4[nH]3)c(OC(=O)OC(C)(C)c3ccccc3)c2c1. The third-order valence-corrected chi connectivity index (χ3v) is 9.16. The monoisotopic (exact) mass is 633 g/mol. The fourth-order valence-electron chi connectivity index (χ4n) is 5.43. The number of ether oxygens (including phenoxy) is 4. The van der Waals surface area contributed by atoms with E-state index in [0.717, 1.165) is 37.9 Å².